The molecule has 0 unspecified atom stereocenters. The number of carbonyl (C=O) groups excluding carboxylic acids is 5. The maximum Gasteiger partial charge on any atom is 0.350 e. The Kier molecular flexibility index (Phi) is 13.0. The third kappa shape index (κ3) is 8.49. The van der Waals surface area contributed by atoms with Gasteiger partial charge in [-0.15, -0.1) is 6.42 Å². The van der Waals surface area contributed by atoms with Crippen molar-refractivity contribution in [3.05, 3.63) is 41.4 Å². The third-order valence-electron chi connectivity index (χ3n) is 8.86. The van der Waals surface area contributed by atoms with Crippen molar-refractivity contribution in [3.8, 4) is 12.3 Å². The molecular formula is C37H44ClN7O11. The quantitative estimate of drug-likeness (QED) is 0.0744. The van der Waals surface area contributed by atoms with Crippen molar-refractivity contribution in [2.75, 3.05) is 43.1 Å². The summed E-state index contributed by atoms with van der Waals surface area (Å²) >= 11 is 6.32. The van der Waals surface area contributed by atoms with Crippen LogP contribution in [0.4, 0.5) is 16.3 Å². The van der Waals surface area contributed by atoms with Crippen molar-refractivity contribution in [3.63, 3.8) is 0 Å². The molecule has 2 aliphatic rings. The molecule has 19 heteroatoms. The number of rotatable bonds is 15. The van der Waals surface area contributed by atoms with Gasteiger partial charge < -0.3 is 39.1 Å². The molecule has 0 bridgehead atoms. The van der Waals surface area contributed by atoms with E-state index in [4.69, 9.17) is 46.4 Å². The normalized spacial score (nSPS) is 20.9. The highest BCUT2D eigenvalue weighted by atomic mass is 35.5. The number of nitrogens with zero attached hydrogens (tertiary/aromatic N) is 5. The number of hydrogen-bond acceptors (Lipinski definition) is 15. The molecule has 0 saturated carbocycles. The van der Waals surface area contributed by atoms with Gasteiger partial charge >= 0.3 is 29.9 Å². The molecule has 2 aliphatic heterocycles. The Morgan fingerprint density at radius 1 is 1.11 bits per heavy atom. The Balaban J connectivity index is 1.58. The fourth-order valence-corrected chi connectivity index (χ4v) is 6.68. The van der Waals surface area contributed by atoms with Crippen molar-refractivity contribution < 1.29 is 52.4 Å². The van der Waals surface area contributed by atoms with Gasteiger partial charge in [-0.2, -0.15) is 9.97 Å². The molecule has 0 radical (unpaired) electrons. The Morgan fingerprint density at radius 3 is 2.36 bits per heavy atom. The van der Waals surface area contributed by atoms with Crippen LogP contribution < -0.4 is 15.5 Å². The molecule has 5 rings (SSSR count). The molecule has 2 amide bonds. The van der Waals surface area contributed by atoms with Crippen LogP contribution in [0.15, 0.2) is 30.6 Å². The largest absolute Gasteiger partial charge is 0.463 e. The SMILES string of the molecule is C#C[C@@]1(OC(C)=O)[C@@H](COC(Cc2ccc(N3CCCNC3=O)cc2)(C(=O)OCC)C(=O)OCC)O[C@@H](n2cnc3c(NC(C)C)nc(Cl)nc32)[C@@H]1OC(C)=O. The number of amides is 2. The third-order valence-corrected chi connectivity index (χ3v) is 9.03. The Hall–Kier alpha value is -5.51. The lowest BCUT2D eigenvalue weighted by molar-refractivity contribution is -0.200. The van der Waals surface area contributed by atoms with E-state index in [1.54, 1.807) is 43.0 Å². The number of imidazole rings is 1. The molecule has 3 aromatic rings. The van der Waals surface area contributed by atoms with Crippen LogP contribution in [-0.4, -0.2) is 112 Å². The molecule has 18 nitrogen and oxygen atoms in total. The van der Waals surface area contributed by atoms with Crippen LogP contribution in [-0.2, 0) is 54.0 Å². The number of ether oxygens (including phenoxy) is 6. The fraction of sp³-hybridized carbons (Fsp3) is 0.514. The highest BCUT2D eigenvalue weighted by Gasteiger charge is 2.63. The Morgan fingerprint density at radius 2 is 1.79 bits per heavy atom. The molecule has 300 valence electrons. The average molecular weight is 798 g/mol. The second-order valence-electron chi connectivity index (χ2n) is 13.2. The first kappa shape index (κ1) is 41.6. The molecule has 56 heavy (non-hydrogen) atoms. The van der Waals surface area contributed by atoms with Gasteiger partial charge in [0.1, 0.15) is 6.10 Å². The van der Waals surface area contributed by atoms with Gasteiger partial charge in [-0.05, 0) is 63.4 Å². The number of hydrogen-bond donors (Lipinski definition) is 2. The van der Waals surface area contributed by atoms with Gasteiger partial charge in [0.15, 0.2) is 23.2 Å². The summed E-state index contributed by atoms with van der Waals surface area (Å²) in [5.74, 6) is -1.11. The lowest BCUT2D eigenvalue weighted by Crippen LogP contribution is -2.57. The van der Waals surface area contributed by atoms with E-state index in [9.17, 15) is 24.0 Å². The van der Waals surface area contributed by atoms with Crippen molar-refractivity contribution >= 4 is 64.2 Å². The van der Waals surface area contributed by atoms with Gasteiger partial charge in [0.25, 0.3) is 5.60 Å². The van der Waals surface area contributed by atoms with E-state index in [-0.39, 0.29) is 41.7 Å². The summed E-state index contributed by atoms with van der Waals surface area (Å²) < 4.78 is 36.4. The van der Waals surface area contributed by atoms with Crippen molar-refractivity contribution in [1.82, 2.24) is 24.8 Å². The van der Waals surface area contributed by atoms with Crippen LogP contribution in [0.1, 0.15) is 59.8 Å². The number of anilines is 2. The molecule has 2 fully saturated rings. The number of benzene rings is 1. The van der Waals surface area contributed by atoms with Crippen LogP contribution in [0, 0.1) is 12.3 Å². The van der Waals surface area contributed by atoms with Crippen LogP contribution in [0.3, 0.4) is 0 Å². The minimum absolute atomic E-state index is 0.0707. The zero-order valence-electron chi connectivity index (χ0n) is 31.8. The topological polar surface area (TPSA) is 212 Å². The highest BCUT2D eigenvalue weighted by molar-refractivity contribution is 6.28. The number of urea groups is 1. The number of nitrogens with one attached hydrogen (secondary N) is 2. The zero-order chi connectivity index (χ0) is 40.8. The first-order valence-corrected chi connectivity index (χ1v) is 18.4. The molecule has 0 spiro atoms. The summed E-state index contributed by atoms with van der Waals surface area (Å²) in [5, 5.41) is 5.80. The summed E-state index contributed by atoms with van der Waals surface area (Å²) in [7, 11) is 0. The average Bonchev–Trinajstić information content (AvgIpc) is 3.68. The van der Waals surface area contributed by atoms with E-state index in [0.29, 0.717) is 30.2 Å². The van der Waals surface area contributed by atoms with E-state index >= 15 is 0 Å². The molecule has 2 N–H and O–H groups in total. The predicted octanol–water partition coefficient (Wildman–Crippen LogP) is 3.11. The minimum atomic E-state index is -2.45. The van der Waals surface area contributed by atoms with E-state index in [0.717, 1.165) is 20.3 Å². The van der Waals surface area contributed by atoms with E-state index in [2.05, 4.69) is 31.5 Å². The lowest BCUT2D eigenvalue weighted by Gasteiger charge is -2.35. The van der Waals surface area contributed by atoms with Crippen molar-refractivity contribution in [1.29, 1.82) is 0 Å². The molecule has 4 atom stereocenters. The van der Waals surface area contributed by atoms with Crippen molar-refractivity contribution in [2.24, 2.45) is 0 Å². The van der Waals surface area contributed by atoms with Gasteiger partial charge in [0, 0.05) is 45.1 Å². The van der Waals surface area contributed by atoms with Crippen LogP contribution in [0.2, 0.25) is 5.28 Å². The summed E-state index contributed by atoms with van der Waals surface area (Å²) in [6.45, 7) is 9.20. The molecule has 1 aromatic carbocycles. The van der Waals surface area contributed by atoms with Crippen LogP contribution in [0.25, 0.3) is 11.2 Å². The van der Waals surface area contributed by atoms with Gasteiger partial charge in [-0.1, -0.05) is 18.1 Å². The minimum Gasteiger partial charge on any atom is -0.463 e. The summed E-state index contributed by atoms with van der Waals surface area (Å²) in [6, 6.07) is 6.30. The fourth-order valence-electron chi connectivity index (χ4n) is 6.52. The molecule has 4 heterocycles. The zero-order valence-corrected chi connectivity index (χ0v) is 32.6. The number of aromatic nitrogens is 4. The Bertz CT molecular complexity index is 1980. The maximum atomic E-state index is 13.9. The Labute approximate surface area is 327 Å². The standard InChI is InChI=1S/C37H44ClN7O11/c1-8-36(56-23(7)47)26(55-31(28(36)54-22(6)46)45-20-40-27-29(41-21(4)5)42-34(38)43-30(27)45)19-53-37(32(48)51-9-2,33(49)52-10-3)18-24-12-14-25(15-13-24)44-17-11-16-39-35(44)50/h1,12-15,20-21,26,28,31H,9-11,16-19H2,2-7H3,(H,39,50)(H,41,42,43)/t26-,28+,31-,36-/m1/s1. The molecule has 2 saturated heterocycles. The van der Waals surface area contributed by atoms with Gasteiger partial charge in [0.05, 0.1) is 26.1 Å². The molecular weight excluding hydrogens is 754 g/mol. The van der Waals surface area contributed by atoms with Gasteiger partial charge in [0.2, 0.25) is 17.0 Å². The second kappa shape index (κ2) is 17.5. The first-order valence-electron chi connectivity index (χ1n) is 18.0. The summed E-state index contributed by atoms with van der Waals surface area (Å²) in [4.78, 5) is 80.3. The predicted molar refractivity (Wildman–Crippen MR) is 199 cm³/mol. The summed E-state index contributed by atoms with van der Waals surface area (Å²) in [5.41, 5.74) is -3.21. The number of carbonyl (C=O) groups is 5. The molecule has 2 aromatic heterocycles. The number of fused-ring (bicyclic) bond motifs is 1. The maximum absolute atomic E-state index is 13.9. The second-order valence-corrected chi connectivity index (χ2v) is 13.5. The summed E-state index contributed by atoms with van der Waals surface area (Å²) in [6.07, 6.45) is 3.34. The smallest absolute Gasteiger partial charge is 0.350 e. The monoisotopic (exact) mass is 797 g/mol. The molecule has 0 aliphatic carbocycles. The van der Waals surface area contributed by atoms with E-state index in [1.807, 2.05) is 13.8 Å². The first-order chi connectivity index (χ1) is 26.7. The van der Waals surface area contributed by atoms with E-state index < -0.39 is 66.5 Å². The van der Waals surface area contributed by atoms with Crippen LogP contribution in [0.5, 0.6) is 0 Å². The number of esters is 4. The van der Waals surface area contributed by atoms with Crippen LogP contribution >= 0.6 is 11.6 Å². The van der Waals surface area contributed by atoms with Gasteiger partial charge in [-0.3, -0.25) is 19.1 Å². The van der Waals surface area contributed by atoms with Crippen molar-refractivity contribution in [2.45, 2.75) is 90.1 Å². The lowest BCUT2D eigenvalue weighted by atomic mass is 9.91. The number of halogens is 1. The number of terminal acetylenes is 1. The van der Waals surface area contributed by atoms with Gasteiger partial charge in [-0.25, -0.2) is 19.4 Å². The van der Waals surface area contributed by atoms with E-state index in [1.165, 1.54) is 10.9 Å². The highest BCUT2D eigenvalue weighted by Crippen LogP contribution is 2.44.